The number of rotatable bonds is 18. The predicted octanol–water partition coefficient (Wildman–Crippen LogP) is 0.146. The molecular formula is C25H34N4O12. The van der Waals surface area contributed by atoms with Crippen LogP contribution in [0.3, 0.4) is 0 Å². The Morgan fingerprint density at radius 3 is 1.56 bits per heavy atom. The maximum atomic E-state index is 11.9. The monoisotopic (exact) mass is 582 g/mol. The van der Waals surface area contributed by atoms with E-state index < -0.39 is 85.6 Å². The molecule has 0 bridgehead atoms. The van der Waals surface area contributed by atoms with Gasteiger partial charge in [-0.05, 0) is 24.8 Å². The Balaban J connectivity index is 2.51. The molecule has 0 spiro atoms. The number of carbonyl (C=O) groups is 5. The minimum absolute atomic E-state index is 0.0139. The van der Waals surface area contributed by atoms with Gasteiger partial charge in [-0.15, -0.1) is 0 Å². The predicted molar refractivity (Wildman–Crippen MR) is 140 cm³/mol. The van der Waals surface area contributed by atoms with Crippen molar-refractivity contribution in [2.24, 2.45) is 0 Å². The van der Waals surface area contributed by atoms with Gasteiger partial charge in [-0.1, -0.05) is 25.0 Å². The van der Waals surface area contributed by atoms with Crippen molar-refractivity contribution in [3.63, 3.8) is 0 Å². The van der Waals surface area contributed by atoms with Crippen molar-refractivity contribution in [3.8, 4) is 0 Å². The largest absolute Gasteiger partial charge is 0.480 e. The van der Waals surface area contributed by atoms with E-state index in [9.17, 15) is 59.6 Å². The van der Waals surface area contributed by atoms with Gasteiger partial charge in [0.05, 0.1) is 37.6 Å². The molecule has 3 atom stereocenters. The summed E-state index contributed by atoms with van der Waals surface area (Å²) in [4.78, 5) is 72.7. The highest BCUT2D eigenvalue weighted by Crippen LogP contribution is 2.28. The smallest absolute Gasteiger partial charge is 0.317 e. The van der Waals surface area contributed by atoms with Gasteiger partial charge in [0.25, 0.3) is 5.69 Å². The topological polar surface area (TPSA) is 239 Å². The molecule has 1 aromatic rings. The van der Waals surface area contributed by atoms with E-state index in [2.05, 4.69) is 0 Å². The molecule has 0 amide bonds. The second kappa shape index (κ2) is 15.6. The first-order valence-electron chi connectivity index (χ1n) is 12.8. The molecular weight excluding hydrogens is 548 g/mol. The highest BCUT2D eigenvalue weighted by atomic mass is 16.6. The van der Waals surface area contributed by atoms with E-state index >= 15 is 0 Å². The fourth-order valence-corrected chi connectivity index (χ4v) is 5.34. The van der Waals surface area contributed by atoms with Gasteiger partial charge in [-0.3, -0.25) is 48.8 Å². The lowest BCUT2D eigenvalue weighted by molar-refractivity contribution is -0.384. The van der Waals surface area contributed by atoms with Crippen LogP contribution < -0.4 is 0 Å². The molecule has 0 saturated heterocycles. The van der Waals surface area contributed by atoms with E-state index in [-0.39, 0.29) is 18.7 Å². The maximum Gasteiger partial charge on any atom is 0.317 e. The summed E-state index contributed by atoms with van der Waals surface area (Å²) in [7, 11) is 0. The fourth-order valence-electron chi connectivity index (χ4n) is 5.34. The summed E-state index contributed by atoms with van der Waals surface area (Å²) in [5.74, 6) is -6.41. The number of nitro benzene ring substituents is 1. The van der Waals surface area contributed by atoms with Crippen LogP contribution in [-0.4, -0.2) is 132 Å². The number of hydrogen-bond donors (Lipinski definition) is 5. The summed E-state index contributed by atoms with van der Waals surface area (Å²) < 4.78 is 0. The summed E-state index contributed by atoms with van der Waals surface area (Å²) >= 11 is 0. The lowest BCUT2D eigenvalue weighted by atomic mass is 9.87. The molecule has 1 aliphatic carbocycles. The molecule has 0 unspecified atom stereocenters. The van der Waals surface area contributed by atoms with Crippen molar-refractivity contribution in [1.29, 1.82) is 0 Å². The molecule has 41 heavy (non-hydrogen) atoms. The number of carboxylic acid groups (broad SMARTS) is 5. The Morgan fingerprint density at radius 2 is 1.15 bits per heavy atom. The van der Waals surface area contributed by atoms with E-state index in [1.54, 1.807) is 0 Å². The van der Waals surface area contributed by atoms with Gasteiger partial charge in [0, 0.05) is 36.8 Å². The molecule has 16 heteroatoms. The number of carboxylic acids is 5. The third-order valence-corrected chi connectivity index (χ3v) is 6.90. The molecule has 226 valence electrons. The molecule has 1 aliphatic rings. The van der Waals surface area contributed by atoms with Gasteiger partial charge in [-0.25, -0.2) is 0 Å². The summed E-state index contributed by atoms with van der Waals surface area (Å²) in [6.07, 6.45) is 2.10. The SMILES string of the molecule is O=C(O)CN(CC(=O)O)[C@@H](Cc1ccc([N+](=O)[O-])cc1)CN(CC(=O)O)[C@@H]1CCCC[C@H]1N(CC(=O)O)CC(=O)O. The fraction of sp³-hybridized carbons (Fsp3) is 0.560. The quantitative estimate of drug-likeness (QED) is 0.114. The minimum Gasteiger partial charge on any atom is -0.480 e. The normalized spacial score (nSPS) is 17.8. The summed E-state index contributed by atoms with van der Waals surface area (Å²) in [6, 6.07) is 3.20. The lowest BCUT2D eigenvalue weighted by Gasteiger charge is -2.45. The number of benzene rings is 1. The van der Waals surface area contributed by atoms with E-state index in [1.807, 2.05) is 0 Å². The van der Waals surface area contributed by atoms with E-state index in [4.69, 9.17) is 0 Å². The van der Waals surface area contributed by atoms with Gasteiger partial charge in [0.1, 0.15) is 0 Å². The van der Waals surface area contributed by atoms with Crippen LogP contribution in [0.1, 0.15) is 31.2 Å². The van der Waals surface area contributed by atoms with E-state index in [0.717, 1.165) is 4.90 Å². The number of nitrogens with zero attached hydrogens (tertiary/aromatic N) is 4. The molecule has 0 aromatic heterocycles. The highest BCUT2D eigenvalue weighted by molar-refractivity contribution is 5.73. The second-order valence-corrected chi connectivity index (χ2v) is 9.91. The van der Waals surface area contributed by atoms with Crippen LogP contribution in [0.4, 0.5) is 5.69 Å². The summed E-state index contributed by atoms with van der Waals surface area (Å²) in [5.41, 5.74) is 0.322. The molecule has 1 aromatic carbocycles. The Kier molecular flexibility index (Phi) is 12.6. The van der Waals surface area contributed by atoms with Gasteiger partial charge in [-0.2, -0.15) is 0 Å². The molecule has 0 aliphatic heterocycles. The third kappa shape index (κ3) is 11.1. The van der Waals surface area contributed by atoms with Crippen LogP contribution in [-0.2, 0) is 30.4 Å². The number of nitro groups is 1. The zero-order valence-corrected chi connectivity index (χ0v) is 22.2. The minimum atomic E-state index is -1.32. The Morgan fingerprint density at radius 1 is 0.732 bits per heavy atom. The molecule has 16 nitrogen and oxygen atoms in total. The molecule has 1 fully saturated rings. The molecule has 0 radical (unpaired) electrons. The van der Waals surface area contributed by atoms with Crippen molar-refractivity contribution in [2.75, 3.05) is 39.3 Å². The first-order chi connectivity index (χ1) is 19.3. The Bertz CT molecular complexity index is 1080. The number of aliphatic carboxylic acids is 5. The Labute approximate surface area is 234 Å². The summed E-state index contributed by atoms with van der Waals surface area (Å²) in [6.45, 7) is -3.28. The zero-order chi connectivity index (χ0) is 30.7. The number of hydrogen-bond acceptors (Lipinski definition) is 10. The third-order valence-electron chi connectivity index (χ3n) is 6.90. The first kappa shape index (κ1) is 33.1. The average Bonchev–Trinajstić information content (AvgIpc) is 2.86. The van der Waals surface area contributed by atoms with Gasteiger partial charge < -0.3 is 25.5 Å². The second-order valence-electron chi connectivity index (χ2n) is 9.91. The molecule has 2 rings (SSSR count). The zero-order valence-electron chi connectivity index (χ0n) is 22.2. The molecule has 5 N–H and O–H groups in total. The van der Waals surface area contributed by atoms with Gasteiger partial charge in [0.2, 0.25) is 0 Å². The van der Waals surface area contributed by atoms with Gasteiger partial charge >= 0.3 is 29.8 Å². The van der Waals surface area contributed by atoms with Crippen LogP contribution in [0.25, 0.3) is 0 Å². The highest BCUT2D eigenvalue weighted by Gasteiger charge is 2.38. The lowest BCUT2D eigenvalue weighted by Crippen LogP contribution is -2.59. The molecule has 1 saturated carbocycles. The van der Waals surface area contributed by atoms with Crippen LogP contribution in [0.15, 0.2) is 24.3 Å². The van der Waals surface area contributed by atoms with Crippen LogP contribution in [0.5, 0.6) is 0 Å². The van der Waals surface area contributed by atoms with Crippen LogP contribution >= 0.6 is 0 Å². The summed E-state index contributed by atoms with van der Waals surface area (Å²) in [5, 5.41) is 58.6. The van der Waals surface area contributed by atoms with E-state index in [1.165, 1.54) is 34.1 Å². The molecule has 0 heterocycles. The van der Waals surface area contributed by atoms with Crippen molar-refractivity contribution in [3.05, 3.63) is 39.9 Å². The van der Waals surface area contributed by atoms with Crippen LogP contribution in [0.2, 0.25) is 0 Å². The Hall–Kier alpha value is -4.15. The van der Waals surface area contributed by atoms with E-state index in [0.29, 0.717) is 31.2 Å². The van der Waals surface area contributed by atoms with Gasteiger partial charge in [0.15, 0.2) is 0 Å². The van der Waals surface area contributed by atoms with Crippen molar-refractivity contribution in [1.82, 2.24) is 14.7 Å². The van der Waals surface area contributed by atoms with Crippen molar-refractivity contribution >= 4 is 35.5 Å². The average molecular weight is 583 g/mol. The number of non-ortho nitro benzene ring substituents is 1. The first-order valence-corrected chi connectivity index (χ1v) is 12.8. The van der Waals surface area contributed by atoms with Crippen molar-refractivity contribution in [2.45, 2.75) is 50.2 Å². The van der Waals surface area contributed by atoms with Crippen LogP contribution in [0, 0.1) is 10.1 Å². The standard InChI is InChI=1S/C25H34N4O12/c30-21(31)11-26(12-22(32)33)18(9-16-5-7-17(8-6-16)29(40)41)10-27(13-23(34)35)19-3-1-2-4-20(19)28(14-24(36)37)15-25(38)39/h5-8,18-20H,1-4,9-15H2,(H,30,31)(H,32,33)(H,34,35)(H,36,37)(H,38,39)/t18-,19+,20+/m0/s1. The maximum absolute atomic E-state index is 11.9. The van der Waals surface area contributed by atoms with Crippen molar-refractivity contribution < 1.29 is 54.4 Å².